The largest absolute Gasteiger partial charge is 0.493 e. The Bertz CT molecular complexity index is 780. The molecule has 108 valence electrons. The zero-order valence-corrected chi connectivity index (χ0v) is 12.7. The van der Waals surface area contributed by atoms with E-state index >= 15 is 0 Å². The Hall–Kier alpha value is -2.13. The molecule has 3 aromatic rings. The molecule has 0 radical (unpaired) electrons. The van der Waals surface area contributed by atoms with Crippen LogP contribution < -0.4 is 9.47 Å². The summed E-state index contributed by atoms with van der Waals surface area (Å²) >= 11 is 6.32. The maximum absolute atomic E-state index is 6.32. The number of aromatic nitrogens is 1. The Morgan fingerprint density at radius 2 is 1.81 bits per heavy atom. The van der Waals surface area contributed by atoms with Crippen LogP contribution in [0.1, 0.15) is 5.56 Å². The van der Waals surface area contributed by atoms with E-state index < -0.39 is 0 Å². The van der Waals surface area contributed by atoms with Crippen LogP contribution in [-0.4, -0.2) is 11.7 Å². The molecule has 0 fully saturated rings. The number of halogens is 1. The Balaban J connectivity index is 1.92. The molecular weight excluding hydrogens is 286 g/mol. The van der Waals surface area contributed by atoms with E-state index in [0.29, 0.717) is 6.61 Å². The third-order valence-corrected chi connectivity index (χ3v) is 3.81. The van der Waals surface area contributed by atoms with Gasteiger partial charge in [-0.1, -0.05) is 29.8 Å². The van der Waals surface area contributed by atoms with E-state index in [-0.39, 0.29) is 0 Å². The van der Waals surface area contributed by atoms with E-state index in [0.717, 1.165) is 33.0 Å². The standard InChI is InChI=1S/C17H16ClNO2/c1-19-10-12(17-13(18)6-5-7-14(17)19)11-21-16-9-4-3-8-15(16)20-2/h3-10H,11H2,1-2H3. The lowest BCUT2D eigenvalue weighted by Crippen LogP contribution is -1.97. The summed E-state index contributed by atoms with van der Waals surface area (Å²) in [6.45, 7) is 0.446. The number of hydrogen-bond donors (Lipinski definition) is 0. The summed E-state index contributed by atoms with van der Waals surface area (Å²) in [6.07, 6.45) is 2.05. The van der Waals surface area contributed by atoms with Gasteiger partial charge < -0.3 is 14.0 Å². The van der Waals surface area contributed by atoms with E-state index in [4.69, 9.17) is 21.1 Å². The van der Waals surface area contributed by atoms with E-state index in [1.807, 2.05) is 55.7 Å². The van der Waals surface area contributed by atoms with Gasteiger partial charge in [-0.25, -0.2) is 0 Å². The molecule has 0 atom stereocenters. The van der Waals surface area contributed by atoms with Gasteiger partial charge in [0.15, 0.2) is 11.5 Å². The molecule has 3 rings (SSSR count). The summed E-state index contributed by atoms with van der Waals surface area (Å²) < 4.78 is 13.2. The first-order valence-electron chi connectivity index (χ1n) is 6.69. The van der Waals surface area contributed by atoms with Gasteiger partial charge in [-0.05, 0) is 24.3 Å². The topological polar surface area (TPSA) is 23.4 Å². The fourth-order valence-electron chi connectivity index (χ4n) is 2.50. The highest BCUT2D eigenvalue weighted by molar-refractivity contribution is 6.35. The predicted octanol–water partition coefficient (Wildman–Crippen LogP) is 4.42. The third kappa shape index (κ3) is 2.57. The number of methoxy groups -OCH3 is 1. The average Bonchev–Trinajstić information content (AvgIpc) is 2.83. The number of aryl methyl sites for hydroxylation is 1. The van der Waals surface area contributed by atoms with Gasteiger partial charge in [0.2, 0.25) is 0 Å². The number of ether oxygens (including phenoxy) is 2. The maximum atomic E-state index is 6.32. The molecule has 0 saturated heterocycles. The van der Waals surface area contributed by atoms with Crippen molar-refractivity contribution < 1.29 is 9.47 Å². The van der Waals surface area contributed by atoms with Crippen LogP contribution >= 0.6 is 11.6 Å². The van der Waals surface area contributed by atoms with Gasteiger partial charge in [-0.3, -0.25) is 0 Å². The number of fused-ring (bicyclic) bond motifs is 1. The van der Waals surface area contributed by atoms with Gasteiger partial charge in [0.1, 0.15) is 6.61 Å². The molecule has 0 unspecified atom stereocenters. The molecule has 4 heteroatoms. The first-order chi connectivity index (χ1) is 10.2. The van der Waals surface area contributed by atoms with Crippen molar-refractivity contribution in [2.24, 2.45) is 7.05 Å². The summed E-state index contributed by atoms with van der Waals surface area (Å²) in [7, 11) is 3.64. The first kappa shape index (κ1) is 13.8. The molecule has 0 bridgehead atoms. The highest BCUT2D eigenvalue weighted by Crippen LogP contribution is 2.31. The fraction of sp³-hybridized carbons (Fsp3) is 0.176. The molecule has 0 spiro atoms. The molecule has 0 aliphatic rings. The minimum Gasteiger partial charge on any atom is -0.493 e. The Labute approximate surface area is 128 Å². The molecule has 0 aliphatic carbocycles. The highest BCUT2D eigenvalue weighted by Gasteiger charge is 2.11. The fourth-order valence-corrected chi connectivity index (χ4v) is 2.79. The molecule has 3 nitrogen and oxygen atoms in total. The molecule has 2 aromatic carbocycles. The summed E-state index contributed by atoms with van der Waals surface area (Å²) in [6, 6.07) is 13.5. The zero-order chi connectivity index (χ0) is 14.8. The van der Waals surface area contributed by atoms with Crippen LogP contribution in [0, 0.1) is 0 Å². The van der Waals surface area contributed by atoms with Crippen LogP contribution in [0.15, 0.2) is 48.7 Å². The number of rotatable bonds is 4. The second-order valence-corrected chi connectivity index (χ2v) is 5.25. The van der Waals surface area contributed by atoms with Gasteiger partial charge in [-0.15, -0.1) is 0 Å². The van der Waals surface area contributed by atoms with Crippen LogP contribution in [0.25, 0.3) is 10.9 Å². The number of nitrogens with zero attached hydrogens (tertiary/aromatic N) is 1. The first-order valence-corrected chi connectivity index (χ1v) is 7.06. The van der Waals surface area contributed by atoms with E-state index in [1.165, 1.54) is 0 Å². The van der Waals surface area contributed by atoms with Crippen molar-refractivity contribution in [3.05, 3.63) is 59.2 Å². The van der Waals surface area contributed by atoms with E-state index in [9.17, 15) is 0 Å². The third-order valence-electron chi connectivity index (χ3n) is 3.49. The molecule has 0 aliphatic heterocycles. The van der Waals surface area contributed by atoms with Gasteiger partial charge in [0.05, 0.1) is 12.1 Å². The lowest BCUT2D eigenvalue weighted by Gasteiger charge is -2.10. The van der Waals surface area contributed by atoms with Gasteiger partial charge in [0, 0.05) is 29.7 Å². The Morgan fingerprint density at radius 1 is 1.05 bits per heavy atom. The van der Waals surface area contributed by atoms with Crippen molar-refractivity contribution >= 4 is 22.5 Å². The molecular formula is C17H16ClNO2. The smallest absolute Gasteiger partial charge is 0.161 e. The Kier molecular flexibility index (Phi) is 3.76. The van der Waals surface area contributed by atoms with Crippen molar-refractivity contribution in [3.63, 3.8) is 0 Å². The monoisotopic (exact) mass is 301 g/mol. The normalized spacial score (nSPS) is 10.8. The minimum absolute atomic E-state index is 0.446. The molecule has 0 saturated carbocycles. The summed E-state index contributed by atoms with van der Waals surface area (Å²) in [5.74, 6) is 1.45. The van der Waals surface area contributed by atoms with Crippen molar-refractivity contribution in [1.82, 2.24) is 4.57 Å². The second kappa shape index (κ2) is 5.70. The van der Waals surface area contributed by atoms with Crippen molar-refractivity contribution in [2.45, 2.75) is 6.61 Å². The summed E-state index contributed by atoms with van der Waals surface area (Å²) in [5.41, 5.74) is 2.16. The summed E-state index contributed by atoms with van der Waals surface area (Å²) in [5, 5.41) is 1.78. The molecule has 0 N–H and O–H groups in total. The zero-order valence-electron chi connectivity index (χ0n) is 12.0. The van der Waals surface area contributed by atoms with Crippen molar-refractivity contribution in [3.8, 4) is 11.5 Å². The quantitative estimate of drug-likeness (QED) is 0.712. The molecule has 0 amide bonds. The number of hydrogen-bond acceptors (Lipinski definition) is 2. The van der Waals surface area contributed by atoms with Crippen LogP contribution in [-0.2, 0) is 13.7 Å². The number of para-hydroxylation sites is 2. The predicted molar refractivity (Wildman–Crippen MR) is 85.3 cm³/mol. The highest BCUT2D eigenvalue weighted by atomic mass is 35.5. The van der Waals surface area contributed by atoms with Crippen molar-refractivity contribution in [1.29, 1.82) is 0 Å². The lowest BCUT2D eigenvalue weighted by molar-refractivity contribution is 0.285. The van der Waals surface area contributed by atoms with Crippen LogP contribution in [0.2, 0.25) is 5.02 Å². The van der Waals surface area contributed by atoms with Crippen LogP contribution in [0.5, 0.6) is 11.5 Å². The molecule has 1 heterocycles. The second-order valence-electron chi connectivity index (χ2n) is 4.84. The molecule has 21 heavy (non-hydrogen) atoms. The Morgan fingerprint density at radius 3 is 2.57 bits per heavy atom. The minimum atomic E-state index is 0.446. The van der Waals surface area contributed by atoms with Gasteiger partial charge in [-0.2, -0.15) is 0 Å². The van der Waals surface area contributed by atoms with Gasteiger partial charge >= 0.3 is 0 Å². The van der Waals surface area contributed by atoms with Crippen LogP contribution in [0.3, 0.4) is 0 Å². The van der Waals surface area contributed by atoms with Crippen LogP contribution in [0.4, 0.5) is 0 Å². The maximum Gasteiger partial charge on any atom is 0.161 e. The average molecular weight is 302 g/mol. The lowest BCUT2D eigenvalue weighted by atomic mass is 10.2. The SMILES string of the molecule is COc1ccccc1OCc1cn(C)c2cccc(Cl)c12. The molecule has 1 aromatic heterocycles. The van der Waals surface area contributed by atoms with E-state index in [1.54, 1.807) is 7.11 Å². The van der Waals surface area contributed by atoms with Crippen molar-refractivity contribution in [2.75, 3.05) is 7.11 Å². The van der Waals surface area contributed by atoms with E-state index in [2.05, 4.69) is 4.57 Å². The van der Waals surface area contributed by atoms with Gasteiger partial charge in [0.25, 0.3) is 0 Å². The summed E-state index contributed by atoms with van der Waals surface area (Å²) in [4.78, 5) is 0. The number of benzene rings is 2.